The number of aliphatic hydroxyl groups excluding tert-OH is 1. The van der Waals surface area contributed by atoms with E-state index in [1.165, 1.54) is 0 Å². The Bertz CT molecular complexity index is 640. The highest BCUT2D eigenvalue weighted by Crippen LogP contribution is 2.29. The van der Waals surface area contributed by atoms with Crippen LogP contribution in [0.25, 0.3) is 0 Å². The van der Waals surface area contributed by atoms with E-state index in [4.69, 9.17) is 32.5 Å². The normalized spacial score (nSPS) is 12.0. The average molecular weight is 345 g/mol. The van der Waals surface area contributed by atoms with Gasteiger partial charge in [0.2, 0.25) is 0 Å². The fraction of sp³-hybridized carbons (Fsp3) is 0.286. The van der Waals surface area contributed by atoms with Crippen LogP contribution in [0.4, 0.5) is 0 Å². The zero-order valence-corrected chi connectivity index (χ0v) is 13.2. The molecule has 2 rings (SSSR count). The summed E-state index contributed by atoms with van der Waals surface area (Å²) < 4.78 is 9.93. The van der Waals surface area contributed by atoms with Crippen LogP contribution in [-0.2, 0) is 4.79 Å². The van der Waals surface area contributed by atoms with Gasteiger partial charge >= 0.3 is 0 Å². The van der Waals surface area contributed by atoms with Crippen molar-refractivity contribution in [2.24, 2.45) is 0 Å². The van der Waals surface area contributed by atoms with Crippen molar-refractivity contribution in [3.05, 3.63) is 45.6 Å². The van der Waals surface area contributed by atoms with Gasteiger partial charge in [0.1, 0.15) is 5.76 Å². The van der Waals surface area contributed by atoms with Crippen LogP contribution in [0.2, 0.25) is 10.0 Å². The molecule has 0 aliphatic carbocycles. The van der Waals surface area contributed by atoms with Crippen molar-refractivity contribution in [3.63, 3.8) is 0 Å². The van der Waals surface area contributed by atoms with Crippen LogP contribution in [0.15, 0.2) is 28.8 Å². The van der Waals surface area contributed by atoms with Crippen molar-refractivity contribution < 1.29 is 19.2 Å². The zero-order valence-electron chi connectivity index (χ0n) is 11.7. The summed E-state index contributed by atoms with van der Waals surface area (Å²) in [5.74, 6) is 0.393. The molecular formula is C14H14Cl2N2O4. The Labute approximate surface area is 137 Å². The molecule has 1 aromatic heterocycles. The van der Waals surface area contributed by atoms with E-state index in [9.17, 15) is 9.90 Å². The van der Waals surface area contributed by atoms with Crippen LogP contribution in [-0.4, -0.2) is 29.3 Å². The first-order valence-electron chi connectivity index (χ1n) is 6.42. The van der Waals surface area contributed by atoms with Gasteiger partial charge < -0.3 is 19.7 Å². The molecule has 0 unspecified atom stereocenters. The van der Waals surface area contributed by atoms with Crippen molar-refractivity contribution in [1.82, 2.24) is 10.5 Å². The highest BCUT2D eigenvalue weighted by molar-refractivity contribution is 6.36. The van der Waals surface area contributed by atoms with Crippen molar-refractivity contribution in [3.8, 4) is 5.88 Å². The Morgan fingerprint density at radius 3 is 2.73 bits per heavy atom. The summed E-state index contributed by atoms with van der Waals surface area (Å²) in [5, 5.41) is 16.9. The second-order valence-corrected chi connectivity index (χ2v) is 5.33. The van der Waals surface area contributed by atoms with Gasteiger partial charge in [-0.3, -0.25) is 4.79 Å². The van der Waals surface area contributed by atoms with Gasteiger partial charge in [0.15, 0.2) is 6.61 Å². The maximum absolute atomic E-state index is 11.7. The topological polar surface area (TPSA) is 84.6 Å². The number of hydrogen-bond acceptors (Lipinski definition) is 5. The van der Waals surface area contributed by atoms with Crippen LogP contribution in [0.1, 0.15) is 17.4 Å². The Morgan fingerprint density at radius 2 is 2.14 bits per heavy atom. The lowest BCUT2D eigenvalue weighted by atomic mass is 10.1. The molecule has 0 aliphatic heterocycles. The molecule has 0 aliphatic rings. The first-order chi connectivity index (χ1) is 10.5. The molecule has 1 heterocycles. The molecule has 0 bridgehead atoms. The average Bonchev–Trinajstić information content (AvgIpc) is 2.88. The summed E-state index contributed by atoms with van der Waals surface area (Å²) in [6, 6.07) is 6.46. The second kappa shape index (κ2) is 7.49. The van der Waals surface area contributed by atoms with E-state index in [1.54, 1.807) is 31.2 Å². The second-order valence-electron chi connectivity index (χ2n) is 4.52. The third kappa shape index (κ3) is 4.37. The third-order valence-corrected chi connectivity index (χ3v) is 3.44. The maximum Gasteiger partial charge on any atom is 0.258 e. The highest BCUT2D eigenvalue weighted by atomic mass is 35.5. The summed E-state index contributed by atoms with van der Waals surface area (Å²) in [6.45, 7) is 1.43. The number of rotatable bonds is 6. The lowest BCUT2D eigenvalue weighted by Crippen LogP contribution is -2.32. The van der Waals surface area contributed by atoms with Crippen LogP contribution in [0, 0.1) is 6.92 Å². The Morgan fingerprint density at radius 1 is 1.45 bits per heavy atom. The number of ether oxygens (including phenoxy) is 1. The fourth-order valence-corrected chi connectivity index (χ4v) is 2.39. The number of aromatic nitrogens is 1. The van der Waals surface area contributed by atoms with Crippen LogP contribution < -0.4 is 10.1 Å². The third-order valence-electron chi connectivity index (χ3n) is 2.78. The van der Waals surface area contributed by atoms with Crippen molar-refractivity contribution in [1.29, 1.82) is 0 Å². The van der Waals surface area contributed by atoms with Crippen LogP contribution >= 0.6 is 23.2 Å². The zero-order chi connectivity index (χ0) is 16.1. The molecule has 1 atom stereocenters. The largest absolute Gasteiger partial charge is 0.465 e. The van der Waals surface area contributed by atoms with E-state index < -0.39 is 12.0 Å². The van der Waals surface area contributed by atoms with Gasteiger partial charge in [0, 0.05) is 28.2 Å². The van der Waals surface area contributed by atoms with E-state index >= 15 is 0 Å². The number of hydrogen-bond donors (Lipinski definition) is 2. The molecule has 1 amide bonds. The highest BCUT2D eigenvalue weighted by Gasteiger charge is 2.16. The lowest BCUT2D eigenvalue weighted by molar-refractivity contribution is -0.123. The SMILES string of the molecule is Cc1cc(OCC(=O)NC[C@H](O)c2c(Cl)cccc2Cl)no1. The number of carbonyl (C=O) groups excluding carboxylic acids is 1. The van der Waals surface area contributed by atoms with Gasteiger partial charge in [-0.05, 0) is 24.2 Å². The molecule has 8 heteroatoms. The van der Waals surface area contributed by atoms with E-state index in [-0.39, 0.29) is 19.0 Å². The molecule has 1 aromatic carbocycles. The minimum Gasteiger partial charge on any atom is -0.465 e. The molecular weight excluding hydrogens is 331 g/mol. The predicted molar refractivity (Wildman–Crippen MR) is 81.2 cm³/mol. The predicted octanol–water partition coefficient (Wildman–Crippen LogP) is 2.52. The summed E-state index contributed by atoms with van der Waals surface area (Å²) >= 11 is 12.0. The van der Waals surface area contributed by atoms with Crippen molar-refractivity contribution in [2.45, 2.75) is 13.0 Å². The minimum atomic E-state index is -1.01. The van der Waals surface area contributed by atoms with Crippen molar-refractivity contribution >= 4 is 29.1 Å². The number of aliphatic hydroxyl groups is 1. The van der Waals surface area contributed by atoms with Crippen LogP contribution in [0.3, 0.4) is 0 Å². The molecule has 118 valence electrons. The standard InChI is InChI=1S/C14H14Cl2N2O4/c1-8-5-13(18-22-8)21-7-12(20)17-6-11(19)14-9(15)3-2-4-10(14)16/h2-5,11,19H,6-7H2,1H3,(H,17,20)/t11-/m0/s1. The number of benzene rings is 1. The lowest BCUT2D eigenvalue weighted by Gasteiger charge is -2.15. The van der Waals surface area contributed by atoms with E-state index in [1.807, 2.05) is 0 Å². The molecule has 22 heavy (non-hydrogen) atoms. The molecule has 0 saturated carbocycles. The van der Waals surface area contributed by atoms with Gasteiger partial charge in [-0.15, -0.1) is 0 Å². The number of carbonyl (C=O) groups is 1. The summed E-state index contributed by atoms with van der Waals surface area (Å²) in [4.78, 5) is 11.7. The maximum atomic E-state index is 11.7. The minimum absolute atomic E-state index is 0.0382. The number of halogens is 2. The molecule has 6 nitrogen and oxygen atoms in total. The summed E-state index contributed by atoms with van der Waals surface area (Å²) in [7, 11) is 0. The Balaban J connectivity index is 1.83. The fourth-order valence-electron chi connectivity index (χ4n) is 1.74. The van der Waals surface area contributed by atoms with Gasteiger partial charge in [0.25, 0.3) is 11.8 Å². The number of amides is 1. The van der Waals surface area contributed by atoms with Gasteiger partial charge in [-0.2, -0.15) is 0 Å². The van der Waals surface area contributed by atoms with Crippen LogP contribution in [0.5, 0.6) is 5.88 Å². The summed E-state index contributed by atoms with van der Waals surface area (Å²) in [5.41, 5.74) is 0.374. The van der Waals surface area contributed by atoms with E-state index in [0.717, 1.165) is 0 Å². The number of nitrogens with zero attached hydrogens (tertiary/aromatic N) is 1. The first-order valence-corrected chi connectivity index (χ1v) is 7.17. The Hall–Kier alpha value is -1.76. The quantitative estimate of drug-likeness (QED) is 0.840. The molecule has 0 radical (unpaired) electrons. The number of nitrogens with one attached hydrogen (secondary N) is 1. The van der Waals surface area contributed by atoms with E-state index in [2.05, 4.69) is 10.5 Å². The number of aryl methyl sites for hydroxylation is 1. The Kier molecular flexibility index (Phi) is 5.65. The van der Waals surface area contributed by atoms with Crippen molar-refractivity contribution in [2.75, 3.05) is 13.2 Å². The molecule has 0 fully saturated rings. The first kappa shape index (κ1) is 16.6. The van der Waals surface area contributed by atoms with Gasteiger partial charge in [-0.25, -0.2) is 0 Å². The molecule has 0 saturated heterocycles. The molecule has 2 aromatic rings. The smallest absolute Gasteiger partial charge is 0.258 e. The summed E-state index contributed by atoms with van der Waals surface area (Å²) in [6.07, 6.45) is -1.01. The molecule has 0 spiro atoms. The van der Waals surface area contributed by atoms with Gasteiger partial charge in [0.05, 0.1) is 6.10 Å². The monoisotopic (exact) mass is 344 g/mol. The molecule has 2 N–H and O–H groups in total. The van der Waals surface area contributed by atoms with E-state index in [0.29, 0.717) is 21.4 Å². The van der Waals surface area contributed by atoms with Gasteiger partial charge in [-0.1, -0.05) is 29.3 Å².